The van der Waals surface area contributed by atoms with Gasteiger partial charge in [-0.2, -0.15) is 0 Å². The largest absolute Gasteiger partial charge is 0.573 e. The second kappa shape index (κ2) is 6.33. The van der Waals surface area contributed by atoms with Crippen LogP contribution in [0.25, 0.3) is 0 Å². The van der Waals surface area contributed by atoms with E-state index in [1.54, 1.807) is 0 Å². The Labute approximate surface area is 118 Å². The van der Waals surface area contributed by atoms with Crippen LogP contribution in [0.3, 0.4) is 0 Å². The zero-order chi connectivity index (χ0) is 16.2. The van der Waals surface area contributed by atoms with Gasteiger partial charge in [0.2, 0.25) is 0 Å². The van der Waals surface area contributed by atoms with Gasteiger partial charge in [-0.15, -0.1) is 13.2 Å². The number of alkyl halides is 3. The first-order valence-corrected chi connectivity index (χ1v) is 5.68. The molecule has 1 aromatic rings. The summed E-state index contributed by atoms with van der Waals surface area (Å²) >= 11 is 0. The fourth-order valence-corrected chi connectivity index (χ4v) is 1.42. The lowest BCUT2D eigenvalue weighted by Crippen LogP contribution is -2.39. The normalized spacial score (nSPS) is 12.4. The van der Waals surface area contributed by atoms with Gasteiger partial charge >= 0.3 is 12.3 Å². The van der Waals surface area contributed by atoms with Crippen molar-refractivity contribution in [2.24, 2.45) is 0 Å². The Morgan fingerprint density at radius 1 is 1.33 bits per heavy atom. The maximum absolute atomic E-state index is 12.1. The molecule has 0 saturated heterocycles. The van der Waals surface area contributed by atoms with Crippen molar-refractivity contribution in [3.8, 4) is 5.75 Å². The molecule has 1 rings (SSSR count). The monoisotopic (exact) mass is 306 g/mol. The van der Waals surface area contributed by atoms with Crippen LogP contribution >= 0.6 is 0 Å². The molecule has 0 aliphatic heterocycles. The Morgan fingerprint density at radius 3 is 2.43 bits per heavy atom. The van der Waals surface area contributed by atoms with E-state index in [2.05, 4.69) is 14.8 Å². The minimum absolute atomic E-state index is 0.0159. The predicted octanol–water partition coefficient (Wildman–Crippen LogP) is 1.46. The van der Waals surface area contributed by atoms with E-state index in [1.807, 2.05) is 0 Å². The van der Waals surface area contributed by atoms with Crippen LogP contribution < -0.4 is 15.8 Å². The minimum atomic E-state index is -4.88. The van der Waals surface area contributed by atoms with E-state index < -0.39 is 30.0 Å². The number of rotatable bonds is 4. The molecule has 6 nitrogen and oxygen atoms in total. The zero-order valence-corrected chi connectivity index (χ0v) is 11.2. The van der Waals surface area contributed by atoms with Crippen molar-refractivity contribution < 1.29 is 32.2 Å². The van der Waals surface area contributed by atoms with Crippen molar-refractivity contribution >= 4 is 17.6 Å². The number of benzene rings is 1. The summed E-state index contributed by atoms with van der Waals surface area (Å²) in [4.78, 5) is 22.9. The van der Waals surface area contributed by atoms with E-state index >= 15 is 0 Å². The lowest BCUT2D eigenvalue weighted by molar-refractivity contribution is -0.274. The number of carbonyl (C=O) groups is 2. The number of amides is 1. The van der Waals surface area contributed by atoms with Crippen molar-refractivity contribution in [1.82, 2.24) is 5.32 Å². The third-order valence-corrected chi connectivity index (χ3v) is 2.40. The minimum Gasteiger partial charge on any atom is -0.467 e. The van der Waals surface area contributed by atoms with Gasteiger partial charge in [-0.1, -0.05) is 0 Å². The number of halogens is 3. The number of anilines is 1. The SMILES string of the molecule is COC(=O)C(C)NC(=O)c1ccc(OC(F)(F)F)c(N)c1. The van der Waals surface area contributed by atoms with Crippen LogP contribution in [0.1, 0.15) is 17.3 Å². The average Bonchev–Trinajstić information content (AvgIpc) is 2.38. The Bertz CT molecular complexity index is 546. The van der Waals surface area contributed by atoms with Gasteiger partial charge in [-0.3, -0.25) is 4.79 Å². The number of nitrogens with one attached hydrogen (secondary N) is 1. The highest BCUT2D eigenvalue weighted by molar-refractivity contribution is 5.97. The Balaban J connectivity index is 2.84. The van der Waals surface area contributed by atoms with Crippen molar-refractivity contribution in [2.75, 3.05) is 12.8 Å². The van der Waals surface area contributed by atoms with Crippen LogP contribution in [-0.4, -0.2) is 31.4 Å². The number of methoxy groups -OCH3 is 1. The summed E-state index contributed by atoms with van der Waals surface area (Å²) in [5.41, 5.74) is 5.01. The highest BCUT2D eigenvalue weighted by Gasteiger charge is 2.32. The quantitative estimate of drug-likeness (QED) is 0.649. The zero-order valence-electron chi connectivity index (χ0n) is 11.2. The number of ether oxygens (including phenoxy) is 2. The van der Waals surface area contributed by atoms with Crippen LogP contribution in [-0.2, 0) is 9.53 Å². The molecule has 0 radical (unpaired) electrons. The van der Waals surface area contributed by atoms with E-state index in [9.17, 15) is 22.8 Å². The van der Waals surface area contributed by atoms with Gasteiger partial charge in [-0.25, -0.2) is 4.79 Å². The molecule has 1 unspecified atom stereocenters. The maximum Gasteiger partial charge on any atom is 0.573 e. The molecule has 0 saturated carbocycles. The number of carbonyl (C=O) groups excluding carboxylic acids is 2. The number of hydrogen-bond donors (Lipinski definition) is 2. The first-order chi connectivity index (χ1) is 9.64. The Kier molecular flexibility index (Phi) is 5.01. The van der Waals surface area contributed by atoms with Crippen LogP contribution in [0.4, 0.5) is 18.9 Å². The topological polar surface area (TPSA) is 90.6 Å². The van der Waals surface area contributed by atoms with E-state index in [4.69, 9.17) is 5.73 Å². The fourth-order valence-electron chi connectivity index (χ4n) is 1.42. The van der Waals surface area contributed by atoms with Crippen LogP contribution in [0.15, 0.2) is 18.2 Å². The molecule has 0 spiro atoms. The summed E-state index contributed by atoms with van der Waals surface area (Å²) in [6.45, 7) is 1.40. The molecule has 116 valence electrons. The molecular formula is C12H13F3N2O4. The number of nitrogens with two attached hydrogens (primary N) is 1. The maximum atomic E-state index is 12.1. The van der Waals surface area contributed by atoms with Gasteiger partial charge in [0, 0.05) is 5.56 Å². The summed E-state index contributed by atoms with van der Waals surface area (Å²) in [6.07, 6.45) is -4.88. The molecule has 0 bridgehead atoms. The lowest BCUT2D eigenvalue weighted by atomic mass is 10.1. The van der Waals surface area contributed by atoms with E-state index in [-0.39, 0.29) is 11.3 Å². The molecular weight excluding hydrogens is 293 g/mol. The third kappa shape index (κ3) is 4.86. The fraction of sp³-hybridized carbons (Fsp3) is 0.333. The molecule has 1 amide bonds. The van der Waals surface area contributed by atoms with Gasteiger partial charge < -0.3 is 20.5 Å². The molecule has 0 aliphatic rings. The van der Waals surface area contributed by atoms with E-state index in [0.717, 1.165) is 25.3 Å². The Hall–Kier alpha value is -2.45. The van der Waals surface area contributed by atoms with Crippen LogP contribution in [0.2, 0.25) is 0 Å². The summed E-state index contributed by atoms with van der Waals surface area (Å²) in [7, 11) is 1.16. The second-order valence-electron chi connectivity index (χ2n) is 4.02. The number of hydrogen-bond acceptors (Lipinski definition) is 5. The Morgan fingerprint density at radius 2 is 1.95 bits per heavy atom. The number of esters is 1. The molecule has 0 fully saturated rings. The van der Waals surface area contributed by atoms with Crippen molar-refractivity contribution in [2.45, 2.75) is 19.3 Å². The molecule has 9 heteroatoms. The van der Waals surface area contributed by atoms with E-state index in [0.29, 0.717) is 0 Å². The van der Waals surface area contributed by atoms with Gasteiger partial charge in [0.25, 0.3) is 5.91 Å². The first kappa shape index (κ1) is 16.6. The molecule has 0 aliphatic carbocycles. The molecule has 0 heterocycles. The average molecular weight is 306 g/mol. The lowest BCUT2D eigenvalue weighted by Gasteiger charge is -2.14. The predicted molar refractivity (Wildman–Crippen MR) is 66.5 cm³/mol. The summed E-state index contributed by atoms with van der Waals surface area (Å²) in [6, 6.07) is 2.12. The third-order valence-electron chi connectivity index (χ3n) is 2.40. The van der Waals surface area contributed by atoms with Gasteiger partial charge in [0.05, 0.1) is 12.8 Å². The summed E-state index contributed by atoms with van der Waals surface area (Å²) in [5.74, 6) is -1.95. The molecule has 3 N–H and O–H groups in total. The molecule has 1 atom stereocenters. The van der Waals surface area contributed by atoms with E-state index in [1.165, 1.54) is 6.92 Å². The van der Waals surface area contributed by atoms with Crippen molar-refractivity contribution in [3.05, 3.63) is 23.8 Å². The highest BCUT2D eigenvalue weighted by Crippen LogP contribution is 2.28. The molecule has 0 aromatic heterocycles. The standard InChI is InChI=1S/C12H13F3N2O4/c1-6(11(19)20-2)17-10(18)7-3-4-9(8(16)5-7)21-12(13,14)15/h3-6H,16H2,1-2H3,(H,17,18). The highest BCUT2D eigenvalue weighted by atomic mass is 19.4. The van der Waals surface area contributed by atoms with Crippen LogP contribution in [0, 0.1) is 0 Å². The van der Waals surface area contributed by atoms with Crippen LogP contribution in [0.5, 0.6) is 5.75 Å². The first-order valence-electron chi connectivity index (χ1n) is 5.68. The molecule has 1 aromatic carbocycles. The second-order valence-corrected chi connectivity index (χ2v) is 4.02. The van der Waals surface area contributed by atoms with Crippen molar-refractivity contribution in [3.63, 3.8) is 0 Å². The van der Waals surface area contributed by atoms with Gasteiger partial charge in [-0.05, 0) is 25.1 Å². The van der Waals surface area contributed by atoms with Crippen molar-refractivity contribution in [1.29, 1.82) is 0 Å². The molecule has 21 heavy (non-hydrogen) atoms. The van der Waals surface area contributed by atoms with Gasteiger partial charge in [0.15, 0.2) is 5.75 Å². The van der Waals surface area contributed by atoms with Gasteiger partial charge in [0.1, 0.15) is 6.04 Å². The smallest absolute Gasteiger partial charge is 0.467 e. The summed E-state index contributed by atoms with van der Waals surface area (Å²) in [5, 5.41) is 2.31. The number of nitrogen functional groups attached to an aromatic ring is 1. The summed E-state index contributed by atoms with van der Waals surface area (Å²) < 4.78 is 44.3.